The van der Waals surface area contributed by atoms with Gasteiger partial charge in [0, 0.05) is 5.57 Å². The fourth-order valence-corrected chi connectivity index (χ4v) is 0.865. The van der Waals surface area contributed by atoms with Crippen molar-refractivity contribution >= 4 is 5.97 Å². The molecule has 0 fully saturated rings. The van der Waals surface area contributed by atoms with Gasteiger partial charge in [-0.25, -0.2) is 4.79 Å². The van der Waals surface area contributed by atoms with E-state index in [9.17, 15) is 4.79 Å². The molecule has 0 aromatic carbocycles. The molecule has 0 bridgehead atoms. The molecule has 1 heterocycles. The summed E-state index contributed by atoms with van der Waals surface area (Å²) in [7, 11) is 0. The molecular formula is C10H12O4. The maximum Gasteiger partial charge on any atom is 0.333 e. The topological polar surface area (TPSA) is 59.7 Å². The van der Waals surface area contributed by atoms with Gasteiger partial charge in [0.15, 0.2) is 0 Å². The van der Waals surface area contributed by atoms with Gasteiger partial charge in [-0.3, -0.25) is 0 Å². The summed E-state index contributed by atoms with van der Waals surface area (Å²) in [4.78, 5) is 11.2. The minimum absolute atomic E-state index is 0.114. The van der Waals surface area contributed by atoms with Crippen molar-refractivity contribution in [2.24, 2.45) is 0 Å². The van der Waals surface area contributed by atoms with Crippen LogP contribution in [0.3, 0.4) is 0 Å². The molecule has 1 N–H and O–H groups in total. The number of hydrogen-bond acceptors (Lipinski definition) is 4. The molecular weight excluding hydrogens is 184 g/mol. The Morgan fingerprint density at radius 1 is 1.71 bits per heavy atom. The molecule has 14 heavy (non-hydrogen) atoms. The molecule has 0 saturated carbocycles. The second-order valence-corrected chi connectivity index (χ2v) is 2.73. The predicted octanol–water partition coefficient (Wildman–Crippen LogP) is 1.26. The van der Waals surface area contributed by atoms with Crippen molar-refractivity contribution in [2.75, 3.05) is 6.61 Å². The average Bonchev–Trinajstić information content (AvgIpc) is 2.67. The van der Waals surface area contributed by atoms with Gasteiger partial charge in [-0.15, -0.1) is 0 Å². The van der Waals surface area contributed by atoms with E-state index in [1.54, 1.807) is 19.1 Å². The van der Waals surface area contributed by atoms with Crippen LogP contribution < -0.4 is 0 Å². The van der Waals surface area contributed by atoms with Crippen LogP contribution in [0.15, 0.2) is 34.5 Å². The summed E-state index contributed by atoms with van der Waals surface area (Å²) >= 11 is 0. The smallest absolute Gasteiger partial charge is 0.333 e. The van der Waals surface area contributed by atoms with Gasteiger partial charge in [0.25, 0.3) is 0 Å². The van der Waals surface area contributed by atoms with Crippen LogP contribution in [0, 0.1) is 0 Å². The van der Waals surface area contributed by atoms with E-state index in [4.69, 9.17) is 14.3 Å². The maximum atomic E-state index is 11.2. The number of aliphatic hydroxyl groups excluding tert-OH is 1. The first-order valence-electron chi connectivity index (χ1n) is 4.21. The highest BCUT2D eigenvalue weighted by Crippen LogP contribution is 2.04. The van der Waals surface area contributed by atoms with E-state index in [0.717, 1.165) is 0 Å². The summed E-state index contributed by atoms with van der Waals surface area (Å²) in [6, 6.07) is 3.44. The zero-order valence-corrected chi connectivity index (χ0v) is 7.90. The molecule has 4 nitrogen and oxygen atoms in total. The molecule has 4 heteroatoms. The maximum absolute atomic E-state index is 11.2. The van der Waals surface area contributed by atoms with E-state index >= 15 is 0 Å². The lowest BCUT2D eigenvalue weighted by Gasteiger charge is -2.01. The lowest BCUT2D eigenvalue weighted by molar-refractivity contribution is -0.140. The Kier molecular flexibility index (Phi) is 3.94. The minimum Gasteiger partial charge on any atom is -0.466 e. The molecule has 1 aromatic rings. The van der Waals surface area contributed by atoms with Gasteiger partial charge in [0.05, 0.1) is 12.9 Å². The van der Waals surface area contributed by atoms with E-state index in [1.807, 2.05) is 0 Å². The predicted molar refractivity (Wildman–Crippen MR) is 49.3 cm³/mol. The van der Waals surface area contributed by atoms with Crippen molar-refractivity contribution in [1.29, 1.82) is 0 Å². The molecule has 0 aliphatic carbocycles. The zero-order valence-electron chi connectivity index (χ0n) is 7.90. The number of carbonyl (C=O) groups excluding carboxylic acids is 1. The summed E-state index contributed by atoms with van der Waals surface area (Å²) in [5.41, 5.74) is 0.388. The lowest BCUT2D eigenvalue weighted by atomic mass is 10.3. The minimum atomic E-state index is -0.449. The van der Waals surface area contributed by atoms with Crippen LogP contribution in [-0.2, 0) is 16.1 Å². The number of esters is 1. The van der Waals surface area contributed by atoms with Crippen LogP contribution in [-0.4, -0.2) is 17.7 Å². The van der Waals surface area contributed by atoms with E-state index in [2.05, 4.69) is 0 Å². The fraction of sp³-hybridized carbons (Fsp3) is 0.300. The molecule has 0 atom stereocenters. The van der Waals surface area contributed by atoms with Crippen molar-refractivity contribution in [3.8, 4) is 0 Å². The standard InChI is InChI=1S/C10H12O4/c1-8(4-5-11)10(12)14-7-9-3-2-6-13-9/h2-4,6,11H,5,7H2,1H3/b8-4+. The number of hydrogen-bond donors (Lipinski definition) is 1. The number of carbonyl (C=O) groups is 1. The van der Waals surface area contributed by atoms with Crippen molar-refractivity contribution in [1.82, 2.24) is 0 Å². The van der Waals surface area contributed by atoms with E-state index in [1.165, 1.54) is 12.3 Å². The summed E-state index contributed by atoms with van der Waals surface area (Å²) in [5, 5.41) is 8.54. The summed E-state index contributed by atoms with van der Waals surface area (Å²) in [5.74, 6) is 0.144. The first-order chi connectivity index (χ1) is 6.74. The number of rotatable bonds is 4. The van der Waals surface area contributed by atoms with Crippen molar-refractivity contribution in [3.05, 3.63) is 35.8 Å². The van der Waals surface area contributed by atoms with Gasteiger partial charge in [0.2, 0.25) is 0 Å². The van der Waals surface area contributed by atoms with Gasteiger partial charge in [-0.2, -0.15) is 0 Å². The average molecular weight is 196 g/mol. The highest BCUT2D eigenvalue weighted by atomic mass is 16.5. The van der Waals surface area contributed by atoms with Gasteiger partial charge in [-0.1, -0.05) is 0 Å². The Morgan fingerprint density at radius 2 is 2.50 bits per heavy atom. The Bertz CT molecular complexity index is 311. The Morgan fingerprint density at radius 3 is 3.07 bits per heavy atom. The molecule has 0 aliphatic heterocycles. The quantitative estimate of drug-likeness (QED) is 0.581. The third-order valence-electron chi connectivity index (χ3n) is 1.65. The molecule has 76 valence electrons. The SMILES string of the molecule is C/C(=C\CO)C(=O)OCc1ccco1. The van der Waals surface area contributed by atoms with E-state index < -0.39 is 5.97 Å². The molecule has 0 saturated heterocycles. The second kappa shape index (κ2) is 5.24. The molecule has 0 aliphatic rings. The van der Waals surface area contributed by atoms with Crippen LogP contribution in [0.2, 0.25) is 0 Å². The molecule has 0 unspecified atom stereocenters. The van der Waals surface area contributed by atoms with Gasteiger partial charge < -0.3 is 14.3 Å². The van der Waals surface area contributed by atoms with E-state index in [0.29, 0.717) is 11.3 Å². The molecule has 0 radical (unpaired) electrons. The zero-order chi connectivity index (χ0) is 10.4. The van der Waals surface area contributed by atoms with Crippen molar-refractivity contribution in [3.63, 3.8) is 0 Å². The highest BCUT2D eigenvalue weighted by molar-refractivity contribution is 5.87. The molecule has 0 spiro atoms. The summed E-state index contributed by atoms with van der Waals surface area (Å²) in [6.45, 7) is 1.53. The molecule has 1 rings (SSSR count). The van der Waals surface area contributed by atoms with Crippen LogP contribution in [0.4, 0.5) is 0 Å². The second-order valence-electron chi connectivity index (χ2n) is 2.73. The van der Waals surface area contributed by atoms with Crippen LogP contribution in [0.5, 0.6) is 0 Å². The van der Waals surface area contributed by atoms with Crippen molar-refractivity contribution < 1.29 is 19.1 Å². The largest absolute Gasteiger partial charge is 0.466 e. The van der Waals surface area contributed by atoms with Crippen LogP contribution in [0.1, 0.15) is 12.7 Å². The fourth-order valence-electron chi connectivity index (χ4n) is 0.865. The van der Waals surface area contributed by atoms with Crippen LogP contribution >= 0.6 is 0 Å². The van der Waals surface area contributed by atoms with Crippen LogP contribution in [0.25, 0.3) is 0 Å². The van der Waals surface area contributed by atoms with Crippen molar-refractivity contribution in [2.45, 2.75) is 13.5 Å². The lowest BCUT2D eigenvalue weighted by Crippen LogP contribution is -2.05. The van der Waals surface area contributed by atoms with Gasteiger partial charge in [-0.05, 0) is 25.1 Å². The first-order valence-corrected chi connectivity index (χ1v) is 4.21. The Labute approximate surface area is 81.8 Å². The molecule has 1 aromatic heterocycles. The normalized spacial score (nSPS) is 11.4. The number of aliphatic hydroxyl groups is 1. The third kappa shape index (κ3) is 3.06. The number of ether oxygens (including phenoxy) is 1. The number of furan rings is 1. The van der Waals surface area contributed by atoms with Gasteiger partial charge in [0.1, 0.15) is 12.4 Å². The first kappa shape index (κ1) is 10.5. The molecule has 0 amide bonds. The summed E-state index contributed by atoms with van der Waals surface area (Å²) < 4.78 is 9.87. The highest BCUT2D eigenvalue weighted by Gasteiger charge is 2.06. The summed E-state index contributed by atoms with van der Waals surface area (Å²) in [6.07, 6.45) is 2.91. The third-order valence-corrected chi connectivity index (χ3v) is 1.65. The monoisotopic (exact) mass is 196 g/mol. The Balaban J connectivity index is 2.39. The van der Waals surface area contributed by atoms with Gasteiger partial charge >= 0.3 is 5.97 Å². The van der Waals surface area contributed by atoms with E-state index in [-0.39, 0.29) is 13.2 Å². The Hall–Kier alpha value is -1.55.